The number of hydrogen-bond donors (Lipinski definition) is 0. The Kier molecular flexibility index (Phi) is 3.05. The van der Waals surface area contributed by atoms with Crippen LogP contribution in [0.5, 0.6) is 0 Å². The minimum absolute atomic E-state index is 0.278. The summed E-state index contributed by atoms with van der Waals surface area (Å²) in [6, 6.07) is 23.0. The molecule has 0 saturated carbocycles. The Morgan fingerprint density at radius 2 is 1.46 bits per heavy atom. The van der Waals surface area contributed by atoms with Crippen molar-refractivity contribution in [1.82, 2.24) is 9.97 Å². The van der Waals surface area contributed by atoms with Crippen LogP contribution in [-0.2, 0) is 0 Å². The maximum atomic E-state index is 6.14. The van der Waals surface area contributed by atoms with Crippen molar-refractivity contribution < 1.29 is 0 Å². The van der Waals surface area contributed by atoms with Gasteiger partial charge in [0.25, 0.3) is 0 Å². The third-order valence-corrected chi connectivity index (χ3v) is 5.53. The Labute approximate surface area is 147 Å². The Bertz CT molecular complexity index is 1230. The average molecular weight is 347 g/mol. The third kappa shape index (κ3) is 2.09. The molecule has 2 nitrogen and oxygen atoms in total. The summed E-state index contributed by atoms with van der Waals surface area (Å²) in [4.78, 5) is 8.81. The molecule has 0 atom stereocenters. The number of benzene rings is 3. The topological polar surface area (TPSA) is 25.8 Å². The SMILES string of the molecule is Clc1nc(-c2ccc3c(c2)sc2ccccc23)c2ccccc2n1. The van der Waals surface area contributed by atoms with Crippen molar-refractivity contribution in [2.45, 2.75) is 0 Å². The molecule has 5 aromatic rings. The van der Waals surface area contributed by atoms with Crippen molar-refractivity contribution in [3.63, 3.8) is 0 Å². The molecule has 114 valence electrons. The van der Waals surface area contributed by atoms with Crippen LogP contribution in [0.2, 0.25) is 5.28 Å². The minimum atomic E-state index is 0.278. The Morgan fingerprint density at radius 1 is 0.708 bits per heavy atom. The summed E-state index contributed by atoms with van der Waals surface area (Å²) in [6.07, 6.45) is 0. The van der Waals surface area contributed by atoms with Gasteiger partial charge in [-0.3, -0.25) is 0 Å². The van der Waals surface area contributed by atoms with E-state index in [4.69, 9.17) is 11.6 Å². The Morgan fingerprint density at radius 3 is 2.38 bits per heavy atom. The first-order valence-electron chi connectivity index (χ1n) is 7.63. The van der Waals surface area contributed by atoms with Crippen LogP contribution in [0.3, 0.4) is 0 Å². The van der Waals surface area contributed by atoms with E-state index in [2.05, 4.69) is 52.4 Å². The van der Waals surface area contributed by atoms with E-state index in [1.165, 1.54) is 20.2 Å². The smallest absolute Gasteiger partial charge is 0.218 e. The van der Waals surface area contributed by atoms with E-state index in [1.807, 2.05) is 24.3 Å². The van der Waals surface area contributed by atoms with Crippen molar-refractivity contribution in [2.75, 3.05) is 0 Å². The molecule has 0 spiro atoms. The number of aromatic nitrogens is 2. The molecule has 0 unspecified atom stereocenters. The van der Waals surface area contributed by atoms with Gasteiger partial charge >= 0.3 is 0 Å². The number of rotatable bonds is 1. The summed E-state index contributed by atoms with van der Waals surface area (Å²) < 4.78 is 2.56. The van der Waals surface area contributed by atoms with Crippen molar-refractivity contribution in [3.05, 3.63) is 72.0 Å². The molecule has 0 fully saturated rings. The number of thiophene rings is 1. The van der Waals surface area contributed by atoms with Crippen molar-refractivity contribution in [3.8, 4) is 11.3 Å². The van der Waals surface area contributed by atoms with Gasteiger partial charge in [-0.05, 0) is 29.8 Å². The van der Waals surface area contributed by atoms with E-state index in [9.17, 15) is 0 Å². The van der Waals surface area contributed by atoms with Gasteiger partial charge < -0.3 is 0 Å². The molecule has 2 heterocycles. The van der Waals surface area contributed by atoms with Gasteiger partial charge in [-0.1, -0.05) is 48.5 Å². The quantitative estimate of drug-likeness (QED) is 0.332. The molecular formula is C20H11ClN2S. The number of fused-ring (bicyclic) bond motifs is 4. The fourth-order valence-corrected chi connectivity index (χ4v) is 4.46. The zero-order valence-corrected chi connectivity index (χ0v) is 14.1. The van der Waals surface area contributed by atoms with Gasteiger partial charge in [-0.2, -0.15) is 0 Å². The second-order valence-corrected chi connectivity index (χ2v) is 7.09. The molecule has 0 aliphatic carbocycles. The van der Waals surface area contributed by atoms with Gasteiger partial charge in [0.15, 0.2) is 0 Å². The number of halogens is 1. The molecule has 3 aromatic carbocycles. The molecular weight excluding hydrogens is 336 g/mol. The molecule has 0 N–H and O–H groups in total. The van der Waals surface area contributed by atoms with Crippen LogP contribution < -0.4 is 0 Å². The first-order chi connectivity index (χ1) is 11.8. The molecule has 0 amide bonds. The van der Waals surface area contributed by atoms with Gasteiger partial charge in [-0.25, -0.2) is 9.97 Å². The van der Waals surface area contributed by atoms with Gasteiger partial charge in [0.2, 0.25) is 5.28 Å². The van der Waals surface area contributed by atoms with Gasteiger partial charge in [0.1, 0.15) is 0 Å². The van der Waals surface area contributed by atoms with Crippen molar-refractivity contribution in [1.29, 1.82) is 0 Å². The molecule has 4 heteroatoms. The fraction of sp³-hybridized carbons (Fsp3) is 0. The normalized spacial score (nSPS) is 11.5. The predicted molar refractivity (Wildman–Crippen MR) is 103 cm³/mol. The Hall–Kier alpha value is -2.49. The predicted octanol–water partition coefficient (Wildman–Crippen LogP) is 6.32. The van der Waals surface area contributed by atoms with Crippen LogP contribution in [0.15, 0.2) is 66.7 Å². The van der Waals surface area contributed by atoms with Crippen LogP contribution in [0, 0.1) is 0 Å². The maximum Gasteiger partial charge on any atom is 0.223 e. The van der Waals surface area contributed by atoms with Crippen LogP contribution in [0.1, 0.15) is 0 Å². The summed E-state index contributed by atoms with van der Waals surface area (Å²) in [7, 11) is 0. The van der Waals surface area contributed by atoms with E-state index in [0.29, 0.717) is 0 Å². The van der Waals surface area contributed by atoms with E-state index < -0.39 is 0 Å². The number of para-hydroxylation sites is 1. The Balaban J connectivity index is 1.82. The highest BCUT2D eigenvalue weighted by Gasteiger charge is 2.11. The summed E-state index contributed by atoms with van der Waals surface area (Å²) in [5.74, 6) is 0. The average Bonchev–Trinajstić information content (AvgIpc) is 2.98. The van der Waals surface area contributed by atoms with Crippen LogP contribution in [0.4, 0.5) is 0 Å². The largest absolute Gasteiger partial charge is 0.223 e. The lowest BCUT2D eigenvalue weighted by molar-refractivity contribution is 1.23. The molecule has 2 aromatic heterocycles. The first-order valence-corrected chi connectivity index (χ1v) is 8.83. The standard InChI is InChI=1S/C20H11ClN2S/c21-20-22-16-7-3-1-6-15(16)19(23-20)12-9-10-14-13-5-2-4-8-17(13)24-18(14)11-12/h1-11H. The monoisotopic (exact) mass is 346 g/mol. The van der Waals surface area contributed by atoms with E-state index in [0.717, 1.165) is 22.2 Å². The zero-order chi connectivity index (χ0) is 16.1. The molecule has 5 rings (SSSR count). The zero-order valence-electron chi connectivity index (χ0n) is 12.5. The molecule has 0 aliphatic rings. The highest BCUT2D eigenvalue weighted by atomic mass is 35.5. The first kappa shape index (κ1) is 13.9. The third-order valence-electron chi connectivity index (χ3n) is 4.23. The summed E-state index contributed by atoms with van der Waals surface area (Å²) in [5.41, 5.74) is 2.81. The lowest BCUT2D eigenvalue weighted by atomic mass is 10.0. The summed E-state index contributed by atoms with van der Waals surface area (Å²) in [6.45, 7) is 0. The summed E-state index contributed by atoms with van der Waals surface area (Å²) in [5, 5.41) is 3.88. The van der Waals surface area contributed by atoms with Gasteiger partial charge in [-0.15, -0.1) is 11.3 Å². The highest BCUT2D eigenvalue weighted by molar-refractivity contribution is 7.25. The second kappa shape index (κ2) is 5.26. The highest BCUT2D eigenvalue weighted by Crippen LogP contribution is 2.37. The van der Waals surface area contributed by atoms with Crippen LogP contribution >= 0.6 is 22.9 Å². The van der Waals surface area contributed by atoms with E-state index >= 15 is 0 Å². The lowest BCUT2D eigenvalue weighted by Gasteiger charge is -2.06. The number of nitrogens with zero attached hydrogens (tertiary/aromatic N) is 2. The van der Waals surface area contributed by atoms with Crippen molar-refractivity contribution in [2.24, 2.45) is 0 Å². The fourth-order valence-electron chi connectivity index (χ4n) is 3.14. The van der Waals surface area contributed by atoms with E-state index in [-0.39, 0.29) is 5.28 Å². The van der Waals surface area contributed by atoms with E-state index in [1.54, 1.807) is 11.3 Å². The molecule has 0 saturated heterocycles. The summed E-state index contributed by atoms with van der Waals surface area (Å²) >= 11 is 7.94. The maximum absolute atomic E-state index is 6.14. The second-order valence-electron chi connectivity index (χ2n) is 5.67. The molecule has 0 aliphatic heterocycles. The lowest BCUT2D eigenvalue weighted by Crippen LogP contribution is -1.90. The molecule has 0 bridgehead atoms. The van der Waals surface area contributed by atoms with Crippen molar-refractivity contribution >= 4 is 54.0 Å². The molecule has 24 heavy (non-hydrogen) atoms. The number of hydrogen-bond acceptors (Lipinski definition) is 3. The van der Waals surface area contributed by atoms with Crippen LogP contribution in [-0.4, -0.2) is 9.97 Å². The molecule has 0 radical (unpaired) electrons. The van der Waals surface area contributed by atoms with Gasteiger partial charge in [0, 0.05) is 31.1 Å². The minimum Gasteiger partial charge on any atom is -0.218 e. The van der Waals surface area contributed by atoms with Gasteiger partial charge in [0.05, 0.1) is 11.2 Å². The van der Waals surface area contributed by atoms with Crippen LogP contribution in [0.25, 0.3) is 42.3 Å².